The largest absolute Gasteiger partial charge is 0.330 e. The molecule has 3 N–H and O–H groups in total. The third-order valence-electron chi connectivity index (χ3n) is 5.41. The molecule has 1 aliphatic rings. The van der Waals surface area contributed by atoms with E-state index in [9.17, 15) is 9.59 Å². The van der Waals surface area contributed by atoms with Gasteiger partial charge in [0, 0.05) is 11.5 Å². The number of nitrogens with one attached hydrogen (secondary N) is 1. The lowest BCUT2D eigenvalue weighted by atomic mass is 9.94. The number of quaternary nitrogens is 1. The summed E-state index contributed by atoms with van der Waals surface area (Å²) in [6.45, 7) is 8.48. The van der Waals surface area contributed by atoms with E-state index in [1.807, 2.05) is 31.2 Å². The van der Waals surface area contributed by atoms with Gasteiger partial charge < -0.3 is 10.6 Å². The molecule has 3 rings (SSSR count). The number of carbonyl (C=O) groups is 2. The van der Waals surface area contributed by atoms with Gasteiger partial charge in [0.05, 0.1) is 11.4 Å². The number of hydrogen-bond donors (Lipinski definition) is 2. The summed E-state index contributed by atoms with van der Waals surface area (Å²) >= 11 is 0. The second kappa shape index (κ2) is 8.57. The van der Waals surface area contributed by atoms with Crippen molar-refractivity contribution in [3.8, 4) is 0 Å². The standard InChI is InChI=1S/C23H29N3O2/c1-5-17-10-12-18(13-11-17)22(15(2)3)24-16(4)23(28)26-14-21(27)25-19-8-6-7-9-20(19)26/h6-13,15-16,22,24H,5,14H2,1-4H3,(H,25,27)/p+1/t16-,22+/m0/s1. The van der Waals surface area contributed by atoms with Crippen molar-refractivity contribution in [2.24, 2.45) is 5.92 Å². The summed E-state index contributed by atoms with van der Waals surface area (Å²) in [5, 5.41) is 4.96. The summed E-state index contributed by atoms with van der Waals surface area (Å²) in [6, 6.07) is 16.0. The number of benzene rings is 2. The summed E-state index contributed by atoms with van der Waals surface area (Å²) < 4.78 is 0. The summed E-state index contributed by atoms with van der Waals surface area (Å²) in [5.74, 6) is 0.174. The van der Waals surface area contributed by atoms with Crippen LogP contribution in [-0.2, 0) is 16.0 Å². The number of fused-ring (bicyclic) bond motifs is 1. The first-order valence-electron chi connectivity index (χ1n) is 10.0. The summed E-state index contributed by atoms with van der Waals surface area (Å²) in [4.78, 5) is 26.9. The number of hydrogen-bond acceptors (Lipinski definition) is 2. The lowest BCUT2D eigenvalue weighted by molar-refractivity contribution is -0.719. The minimum Gasteiger partial charge on any atom is -0.330 e. The van der Waals surface area contributed by atoms with Crippen molar-refractivity contribution in [1.82, 2.24) is 0 Å². The van der Waals surface area contributed by atoms with E-state index in [0.29, 0.717) is 11.6 Å². The number of carbonyl (C=O) groups excluding carboxylic acids is 2. The van der Waals surface area contributed by atoms with Crippen LogP contribution in [0.25, 0.3) is 0 Å². The van der Waals surface area contributed by atoms with Gasteiger partial charge in [-0.05, 0) is 31.0 Å². The van der Waals surface area contributed by atoms with Crippen LogP contribution in [0.15, 0.2) is 48.5 Å². The number of amides is 2. The van der Waals surface area contributed by atoms with Gasteiger partial charge in [-0.15, -0.1) is 0 Å². The normalized spacial score (nSPS) is 15.8. The molecule has 2 atom stereocenters. The first-order chi connectivity index (χ1) is 13.4. The minimum atomic E-state index is -0.294. The predicted octanol–water partition coefficient (Wildman–Crippen LogP) is 2.88. The van der Waals surface area contributed by atoms with Gasteiger partial charge in [-0.25, -0.2) is 0 Å². The Hall–Kier alpha value is -2.66. The van der Waals surface area contributed by atoms with Crippen LogP contribution < -0.4 is 15.5 Å². The van der Waals surface area contributed by atoms with Crippen molar-refractivity contribution in [1.29, 1.82) is 0 Å². The molecule has 0 unspecified atom stereocenters. The SMILES string of the molecule is CCc1ccc([C@H]([NH2+][C@@H](C)C(=O)N2CC(=O)Nc3ccccc32)C(C)C)cc1. The smallest absolute Gasteiger partial charge is 0.285 e. The topological polar surface area (TPSA) is 66.0 Å². The third-order valence-corrected chi connectivity index (χ3v) is 5.41. The molecule has 0 fully saturated rings. The second-order valence-corrected chi connectivity index (χ2v) is 7.84. The number of nitrogens with two attached hydrogens (primary N) is 1. The quantitative estimate of drug-likeness (QED) is 0.809. The van der Waals surface area contributed by atoms with Crippen LogP contribution in [0.3, 0.4) is 0 Å². The molecule has 0 bridgehead atoms. The van der Waals surface area contributed by atoms with Crippen LogP contribution in [0, 0.1) is 5.92 Å². The molecule has 2 aromatic rings. The first kappa shape index (κ1) is 20.1. The zero-order valence-electron chi connectivity index (χ0n) is 17.1. The maximum absolute atomic E-state index is 13.2. The Bertz CT molecular complexity index is 845. The van der Waals surface area contributed by atoms with Gasteiger partial charge in [-0.1, -0.05) is 57.2 Å². The van der Waals surface area contributed by atoms with Crippen molar-refractivity contribution >= 4 is 23.2 Å². The van der Waals surface area contributed by atoms with Crippen molar-refractivity contribution < 1.29 is 14.9 Å². The molecule has 5 heteroatoms. The summed E-state index contributed by atoms with van der Waals surface area (Å²) in [6.07, 6.45) is 1.02. The first-order valence-corrected chi connectivity index (χ1v) is 10.0. The van der Waals surface area contributed by atoms with Crippen LogP contribution in [-0.4, -0.2) is 24.4 Å². The molecule has 5 nitrogen and oxygen atoms in total. The Morgan fingerprint density at radius 1 is 1.11 bits per heavy atom. The van der Waals surface area contributed by atoms with E-state index >= 15 is 0 Å². The van der Waals surface area contributed by atoms with Crippen molar-refractivity contribution in [2.45, 2.75) is 46.2 Å². The lowest BCUT2D eigenvalue weighted by Crippen LogP contribution is -2.93. The monoisotopic (exact) mass is 380 g/mol. The average molecular weight is 381 g/mol. The summed E-state index contributed by atoms with van der Waals surface area (Å²) in [5.41, 5.74) is 3.99. The molecule has 148 valence electrons. The van der Waals surface area contributed by atoms with Crippen molar-refractivity contribution in [3.05, 3.63) is 59.7 Å². The van der Waals surface area contributed by atoms with Gasteiger partial charge in [-0.2, -0.15) is 0 Å². The highest BCUT2D eigenvalue weighted by atomic mass is 16.2. The second-order valence-electron chi connectivity index (χ2n) is 7.84. The maximum Gasteiger partial charge on any atom is 0.285 e. The van der Waals surface area contributed by atoms with Crippen LogP contribution in [0.1, 0.15) is 44.9 Å². The number of nitrogens with zero attached hydrogens (tertiary/aromatic N) is 1. The minimum absolute atomic E-state index is 0.0434. The molecule has 0 radical (unpaired) electrons. The molecular formula is C23H30N3O2+. The molecule has 0 aliphatic carbocycles. The van der Waals surface area contributed by atoms with Gasteiger partial charge >= 0.3 is 0 Å². The van der Waals surface area contributed by atoms with Gasteiger partial charge in [0.15, 0.2) is 6.04 Å². The van der Waals surface area contributed by atoms with Crippen molar-refractivity contribution in [3.63, 3.8) is 0 Å². The van der Waals surface area contributed by atoms with E-state index in [1.165, 1.54) is 11.1 Å². The highest BCUT2D eigenvalue weighted by Gasteiger charge is 2.33. The summed E-state index contributed by atoms with van der Waals surface area (Å²) in [7, 11) is 0. The third kappa shape index (κ3) is 4.25. The van der Waals surface area contributed by atoms with Crippen LogP contribution >= 0.6 is 0 Å². The Kier molecular flexibility index (Phi) is 6.15. The average Bonchev–Trinajstić information content (AvgIpc) is 2.70. The van der Waals surface area contributed by atoms with E-state index in [4.69, 9.17) is 0 Å². The van der Waals surface area contributed by atoms with Crippen molar-refractivity contribution in [2.75, 3.05) is 16.8 Å². The molecule has 1 heterocycles. The molecule has 0 spiro atoms. The number of anilines is 2. The zero-order chi connectivity index (χ0) is 20.3. The van der Waals surface area contributed by atoms with Gasteiger partial charge in [-0.3, -0.25) is 14.5 Å². The van der Waals surface area contributed by atoms with Crippen LogP contribution in [0.2, 0.25) is 0 Å². The number of rotatable bonds is 6. The highest BCUT2D eigenvalue weighted by Crippen LogP contribution is 2.29. The molecular weight excluding hydrogens is 350 g/mol. The predicted molar refractivity (Wildman–Crippen MR) is 112 cm³/mol. The molecule has 28 heavy (non-hydrogen) atoms. The molecule has 0 aromatic heterocycles. The number of para-hydroxylation sites is 2. The fourth-order valence-electron chi connectivity index (χ4n) is 3.76. The van der Waals surface area contributed by atoms with Gasteiger partial charge in [0.1, 0.15) is 12.6 Å². The van der Waals surface area contributed by atoms with Crippen LogP contribution in [0.4, 0.5) is 11.4 Å². The van der Waals surface area contributed by atoms with E-state index in [2.05, 4.69) is 55.7 Å². The van der Waals surface area contributed by atoms with Gasteiger partial charge in [0.2, 0.25) is 5.91 Å². The maximum atomic E-state index is 13.2. The highest BCUT2D eigenvalue weighted by molar-refractivity contribution is 6.10. The molecule has 1 aliphatic heterocycles. The molecule has 0 saturated carbocycles. The van der Waals surface area contributed by atoms with E-state index < -0.39 is 0 Å². The Morgan fingerprint density at radius 2 is 1.79 bits per heavy atom. The Labute approximate surface area is 167 Å². The van der Waals surface area contributed by atoms with E-state index in [0.717, 1.165) is 12.1 Å². The molecule has 2 aromatic carbocycles. The Balaban J connectivity index is 1.79. The lowest BCUT2D eigenvalue weighted by Gasteiger charge is -2.31. The van der Waals surface area contributed by atoms with Gasteiger partial charge in [0.25, 0.3) is 5.91 Å². The number of aryl methyl sites for hydroxylation is 1. The van der Waals surface area contributed by atoms with E-state index in [1.54, 1.807) is 4.90 Å². The Morgan fingerprint density at radius 3 is 2.43 bits per heavy atom. The zero-order valence-corrected chi connectivity index (χ0v) is 17.1. The van der Waals surface area contributed by atoms with Crippen LogP contribution in [0.5, 0.6) is 0 Å². The van der Waals surface area contributed by atoms with E-state index in [-0.39, 0.29) is 30.4 Å². The fraction of sp³-hybridized carbons (Fsp3) is 0.391. The molecule has 2 amide bonds. The fourth-order valence-corrected chi connectivity index (χ4v) is 3.76. The molecule has 0 saturated heterocycles.